The van der Waals surface area contributed by atoms with Crippen LogP contribution in [0.3, 0.4) is 0 Å². The van der Waals surface area contributed by atoms with Gasteiger partial charge >= 0.3 is 0 Å². The third kappa shape index (κ3) is 1.39. The van der Waals surface area contributed by atoms with Crippen LogP contribution in [0.2, 0.25) is 0 Å². The number of hydrogen-bond acceptors (Lipinski definition) is 3. The van der Waals surface area contributed by atoms with E-state index in [-0.39, 0.29) is 16.3 Å². The van der Waals surface area contributed by atoms with Crippen LogP contribution < -0.4 is 5.73 Å². The van der Waals surface area contributed by atoms with Gasteiger partial charge in [0, 0.05) is 16.0 Å². The van der Waals surface area contributed by atoms with E-state index in [1.165, 1.54) is 18.2 Å². The number of nitrogen functional groups attached to an aromatic ring is 1. The summed E-state index contributed by atoms with van der Waals surface area (Å²) in [6.45, 7) is 0. The van der Waals surface area contributed by atoms with E-state index >= 15 is 0 Å². The summed E-state index contributed by atoms with van der Waals surface area (Å²) in [5.74, 6) is 0. The third-order valence-corrected chi connectivity index (χ3v) is 2.84. The lowest BCUT2D eigenvalue weighted by molar-refractivity contribution is 0.152. The van der Waals surface area contributed by atoms with Crippen molar-refractivity contribution in [2.75, 3.05) is 5.73 Å². The average molecular weight is 215 g/mol. The largest absolute Gasteiger partial charge is 0.499 e. The monoisotopic (exact) mass is 215 g/mol. The fourth-order valence-corrected chi connectivity index (χ4v) is 2.13. The first-order valence-electron chi connectivity index (χ1n) is 3.88. The molecule has 0 atom stereocenters. The predicted molar refractivity (Wildman–Crippen MR) is 52.9 cm³/mol. The van der Waals surface area contributed by atoms with Gasteiger partial charge in [0.05, 0.1) is 0 Å². The van der Waals surface area contributed by atoms with Crippen molar-refractivity contribution in [3.63, 3.8) is 0 Å². The molecular weight excluding hydrogens is 208 g/mol. The second kappa shape index (κ2) is 3.09. The van der Waals surface area contributed by atoms with E-state index in [2.05, 4.69) is 0 Å². The van der Waals surface area contributed by atoms with Crippen LogP contribution in [0, 0.1) is 0 Å². The highest BCUT2D eigenvalue weighted by atomic mass is 32.1. The lowest BCUT2D eigenvalue weighted by Gasteiger charge is -2.03. The number of halogens is 2. The van der Waals surface area contributed by atoms with Crippen LogP contribution in [0.4, 0.5) is 14.5 Å². The minimum atomic E-state index is -2.58. The molecule has 1 aromatic heterocycles. The minimum absolute atomic E-state index is 0.0605. The van der Waals surface area contributed by atoms with Crippen molar-refractivity contribution in [3.8, 4) is 5.06 Å². The van der Waals surface area contributed by atoms with Crippen LogP contribution in [0.25, 0.3) is 10.1 Å². The first-order chi connectivity index (χ1) is 6.58. The number of alkyl halides is 2. The lowest BCUT2D eigenvalue weighted by atomic mass is 10.1. The fourth-order valence-electron chi connectivity index (χ4n) is 1.30. The standard InChI is InChI=1S/C9H7F2NOS/c10-9(11)5-3-7-4(1-6(5)12)2-8(13)14-7/h1-3,9,13H,12H2. The Kier molecular flexibility index (Phi) is 2.03. The van der Waals surface area contributed by atoms with Gasteiger partial charge in [-0.25, -0.2) is 8.78 Å². The molecule has 0 saturated carbocycles. The molecule has 2 nitrogen and oxygen atoms in total. The van der Waals surface area contributed by atoms with E-state index < -0.39 is 6.43 Å². The Morgan fingerprint density at radius 3 is 2.64 bits per heavy atom. The van der Waals surface area contributed by atoms with Crippen LogP contribution >= 0.6 is 11.3 Å². The van der Waals surface area contributed by atoms with Crippen molar-refractivity contribution in [1.82, 2.24) is 0 Å². The highest BCUT2D eigenvalue weighted by Crippen LogP contribution is 2.36. The molecule has 0 fully saturated rings. The number of thiophene rings is 1. The van der Waals surface area contributed by atoms with Gasteiger partial charge in [-0.05, 0) is 23.6 Å². The molecule has 3 N–H and O–H groups in total. The molecule has 0 aliphatic heterocycles. The number of fused-ring (bicyclic) bond motifs is 1. The van der Waals surface area contributed by atoms with Gasteiger partial charge in [0.1, 0.15) is 0 Å². The number of rotatable bonds is 1. The van der Waals surface area contributed by atoms with Crippen molar-refractivity contribution in [2.45, 2.75) is 6.43 Å². The van der Waals surface area contributed by atoms with E-state index in [4.69, 9.17) is 10.8 Å². The maximum absolute atomic E-state index is 12.4. The van der Waals surface area contributed by atoms with E-state index in [1.54, 1.807) is 0 Å². The molecule has 2 rings (SSSR count). The van der Waals surface area contributed by atoms with Crippen LogP contribution in [0.1, 0.15) is 12.0 Å². The Morgan fingerprint density at radius 1 is 1.29 bits per heavy atom. The van der Waals surface area contributed by atoms with E-state index in [0.717, 1.165) is 11.3 Å². The minimum Gasteiger partial charge on any atom is -0.499 e. The molecule has 0 aliphatic rings. The summed E-state index contributed by atoms with van der Waals surface area (Å²) in [6.07, 6.45) is -2.58. The van der Waals surface area contributed by atoms with Crippen LogP contribution in [-0.2, 0) is 0 Å². The summed E-state index contributed by atoms with van der Waals surface area (Å²) in [7, 11) is 0. The van der Waals surface area contributed by atoms with E-state index in [9.17, 15) is 8.78 Å². The van der Waals surface area contributed by atoms with Crippen LogP contribution in [-0.4, -0.2) is 5.11 Å². The molecule has 0 bridgehead atoms. The Balaban J connectivity index is 2.70. The Bertz CT molecular complexity index is 481. The Hall–Kier alpha value is -1.36. The number of hydrogen-bond donors (Lipinski definition) is 2. The summed E-state index contributed by atoms with van der Waals surface area (Å²) in [4.78, 5) is 0. The molecule has 0 amide bonds. The van der Waals surface area contributed by atoms with Gasteiger partial charge < -0.3 is 10.8 Å². The SMILES string of the molecule is Nc1cc2cc(O)sc2cc1C(F)F. The zero-order valence-corrected chi connectivity index (χ0v) is 7.81. The van der Waals surface area contributed by atoms with Crippen molar-refractivity contribution in [1.29, 1.82) is 0 Å². The van der Waals surface area contributed by atoms with Gasteiger partial charge in [-0.2, -0.15) is 0 Å². The van der Waals surface area contributed by atoms with Gasteiger partial charge in [0.25, 0.3) is 6.43 Å². The molecule has 2 aromatic rings. The third-order valence-electron chi connectivity index (χ3n) is 1.94. The van der Waals surface area contributed by atoms with Gasteiger partial charge in [-0.3, -0.25) is 0 Å². The number of nitrogens with two attached hydrogens (primary N) is 1. The molecule has 1 aromatic carbocycles. The molecule has 5 heteroatoms. The molecule has 0 spiro atoms. The van der Waals surface area contributed by atoms with Crippen molar-refractivity contribution in [2.24, 2.45) is 0 Å². The fraction of sp³-hybridized carbons (Fsp3) is 0.111. The molecule has 74 valence electrons. The molecular formula is C9H7F2NOS. The van der Waals surface area contributed by atoms with Gasteiger partial charge in [0.15, 0.2) is 5.06 Å². The smallest absolute Gasteiger partial charge is 0.265 e. The summed E-state index contributed by atoms with van der Waals surface area (Å²) >= 11 is 1.06. The maximum atomic E-state index is 12.4. The molecule has 1 heterocycles. The van der Waals surface area contributed by atoms with Crippen molar-refractivity contribution >= 4 is 27.1 Å². The Labute approximate surface area is 82.6 Å². The maximum Gasteiger partial charge on any atom is 0.265 e. The normalized spacial score (nSPS) is 11.4. The predicted octanol–water partition coefficient (Wildman–Crippen LogP) is 3.13. The average Bonchev–Trinajstić information content (AvgIpc) is 2.42. The van der Waals surface area contributed by atoms with Crippen molar-refractivity contribution < 1.29 is 13.9 Å². The molecule has 0 saturated heterocycles. The molecule has 0 radical (unpaired) electrons. The second-order valence-electron chi connectivity index (χ2n) is 2.90. The lowest BCUT2D eigenvalue weighted by Crippen LogP contribution is -1.93. The van der Waals surface area contributed by atoms with Gasteiger partial charge in [-0.1, -0.05) is 11.3 Å². The van der Waals surface area contributed by atoms with Crippen LogP contribution in [0.15, 0.2) is 18.2 Å². The molecule has 0 unspecified atom stereocenters. The van der Waals surface area contributed by atoms with E-state index in [1.807, 2.05) is 0 Å². The molecule has 14 heavy (non-hydrogen) atoms. The highest BCUT2D eigenvalue weighted by Gasteiger charge is 2.13. The topological polar surface area (TPSA) is 46.2 Å². The van der Waals surface area contributed by atoms with Gasteiger partial charge in [0.2, 0.25) is 0 Å². The number of aromatic hydroxyl groups is 1. The van der Waals surface area contributed by atoms with E-state index in [0.29, 0.717) is 10.1 Å². The first kappa shape index (κ1) is 9.21. The van der Waals surface area contributed by atoms with Crippen LogP contribution in [0.5, 0.6) is 5.06 Å². The quantitative estimate of drug-likeness (QED) is 0.718. The first-order valence-corrected chi connectivity index (χ1v) is 4.69. The molecule has 0 aliphatic carbocycles. The summed E-state index contributed by atoms with van der Waals surface area (Å²) in [5.41, 5.74) is 5.32. The van der Waals surface area contributed by atoms with Crippen molar-refractivity contribution in [3.05, 3.63) is 23.8 Å². The summed E-state index contributed by atoms with van der Waals surface area (Å²) < 4.78 is 25.5. The second-order valence-corrected chi connectivity index (χ2v) is 3.97. The summed E-state index contributed by atoms with van der Waals surface area (Å²) in [5, 5.41) is 9.96. The zero-order valence-electron chi connectivity index (χ0n) is 7.00. The zero-order chi connectivity index (χ0) is 10.3. The number of benzene rings is 1. The summed E-state index contributed by atoms with van der Waals surface area (Å²) in [6, 6.07) is 4.28. The van der Waals surface area contributed by atoms with Gasteiger partial charge in [-0.15, -0.1) is 0 Å². The Morgan fingerprint density at radius 2 is 2.00 bits per heavy atom. The number of anilines is 1. The highest BCUT2D eigenvalue weighted by molar-refractivity contribution is 7.20.